The van der Waals surface area contributed by atoms with Gasteiger partial charge in [0.25, 0.3) is 5.88 Å². The standard InChI is InChI=1S/C13H19N3O3/c1-9(17)10-4-6-16(7-5-10)12-8-11(18-2)13(19-3)15-14-12/h8,10H,4-7H2,1-3H3. The lowest BCUT2D eigenvalue weighted by molar-refractivity contribution is -0.121. The van der Waals surface area contributed by atoms with Crippen molar-refractivity contribution in [2.45, 2.75) is 19.8 Å². The zero-order valence-electron chi connectivity index (χ0n) is 11.5. The number of carbonyl (C=O) groups excluding carboxylic acids is 1. The molecule has 19 heavy (non-hydrogen) atoms. The molecule has 0 saturated carbocycles. The molecule has 1 aromatic rings. The Morgan fingerprint density at radius 3 is 2.47 bits per heavy atom. The fourth-order valence-electron chi connectivity index (χ4n) is 2.31. The maximum absolute atomic E-state index is 11.3. The summed E-state index contributed by atoms with van der Waals surface area (Å²) in [5.74, 6) is 2.17. The lowest BCUT2D eigenvalue weighted by atomic mass is 9.93. The average molecular weight is 265 g/mol. The molecular formula is C13H19N3O3. The predicted octanol–water partition coefficient (Wildman–Crippen LogP) is 1.30. The molecule has 2 rings (SSSR count). The molecule has 104 valence electrons. The fourth-order valence-corrected chi connectivity index (χ4v) is 2.31. The van der Waals surface area contributed by atoms with Gasteiger partial charge in [-0.2, -0.15) is 0 Å². The molecule has 1 fully saturated rings. The molecule has 0 atom stereocenters. The van der Waals surface area contributed by atoms with Gasteiger partial charge in [0, 0.05) is 25.1 Å². The first-order valence-electron chi connectivity index (χ1n) is 6.36. The van der Waals surface area contributed by atoms with Crippen LogP contribution in [0.1, 0.15) is 19.8 Å². The number of methoxy groups -OCH3 is 2. The average Bonchev–Trinajstić information content (AvgIpc) is 2.46. The highest BCUT2D eigenvalue weighted by atomic mass is 16.5. The van der Waals surface area contributed by atoms with Gasteiger partial charge in [-0.3, -0.25) is 4.79 Å². The predicted molar refractivity (Wildman–Crippen MR) is 70.8 cm³/mol. The SMILES string of the molecule is COc1cc(N2CCC(C(C)=O)CC2)nnc1OC. The van der Waals surface area contributed by atoms with E-state index in [9.17, 15) is 4.79 Å². The van der Waals surface area contributed by atoms with Gasteiger partial charge in [0.2, 0.25) is 0 Å². The lowest BCUT2D eigenvalue weighted by Gasteiger charge is -2.31. The number of nitrogens with zero attached hydrogens (tertiary/aromatic N) is 3. The third kappa shape index (κ3) is 2.94. The largest absolute Gasteiger partial charge is 0.491 e. The molecule has 2 heterocycles. The van der Waals surface area contributed by atoms with Crippen molar-refractivity contribution >= 4 is 11.6 Å². The maximum Gasteiger partial charge on any atom is 0.276 e. The Hall–Kier alpha value is -1.85. The number of aromatic nitrogens is 2. The number of ether oxygens (including phenoxy) is 2. The molecule has 0 radical (unpaired) electrons. The molecule has 0 aliphatic carbocycles. The van der Waals surface area contributed by atoms with E-state index in [4.69, 9.17) is 9.47 Å². The van der Waals surface area contributed by atoms with E-state index in [2.05, 4.69) is 15.1 Å². The fraction of sp³-hybridized carbons (Fsp3) is 0.615. The summed E-state index contributed by atoms with van der Waals surface area (Å²) in [6, 6.07) is 1.82. The number of anilines is 1. The molecule has 0 aromatic carbocycles. The van der Waals surface area contributed by atoms with Gasteiger partial charge in [0.15, 0.2) is 11.6 Å². The van der Waals surface area contributed by atoms with E-state index in [1.807, 2.05) is 6.07 Å². The van der Waals surface area contributed by atoms with Gasteiger partial charge in [0.1, 0.15) is 5.78 Å². The molecule has 1 aromatic heterocycles. The van der Waals surface area contributed by atoms with E-state index < -0.39 is 0 Å². The molecule has 6 heteroatoms. The van der Waals surface area contributed by atoms with Gasteiger partial charge in [-0.25, -0.2) is 0 Å². The Balaban J connectivity index is 2.09. The zero-order chi connectivity index (χ0) is 13.8. The van der Waals surface area contributed by atoms with Gasteiger partial charge in [-0.05, 0) is 19.8 Å². The maximum atomic E-state index is 11.3. The lowest BCUT2D eigenvalue weighted by Crippen LogP contribution is -2.36. The number of carbonyl (C=O) groups is 1. The van der Waals surface area contributed by atoms with Crippen LogP contribution in [-0.4, -0.2) is 43.3 Å². The molecule has 6 nitrogen and oxygen atoms in total. The van der Waals surface area contributed by atoms with Crippen molar-refractivity contribution in [1.29, 1.82) is 0 Å². The quantitative estimate of drug-likeness (QED) is 0.817. The van der Waals surface area contributed by atoms with Gasteiger partial charge in [-0.1, -0.05) is 0 Å². The van der Waals surface area contributed by atoms with Crippen LogP contribution in [0.2, 0.25) is 0 Å². The van der Waals surface area contributed by atoms with Crippen molar-refractivity contribution < 1.29 is 14.3 Å². The Kier molecular flexibility index (Phi) is 4.19. The van der Waals surface area contributed by atoms with Gasteiger partial charge < -0.3 is 14.4 Å². The third-order valence-electron chi connectivity index (χ3n) is 3.52. The first kappa shape index (κ1) is 13.6. The molecule has 0 bridgehead atoms. The van der Waals surface area contributed by atoms with E-state index in [-0.39, 0.29) is 11.7 Å². The summed E-state index contributed by atoms with van der Waals surface area (Å²) >= 11 is 0. The summed E-state index contributed by atoms with van der Waals surface area (Å²) in [5, 5.41) is 8.13. The van der Waals surface area contributed by atoms with E-state index in [1.165, 1.54) is 7.11 Å². The summed E-state index contributed by atoms with van der Waals surface area (Å²) in [6.45, 7) is 3.29. The summed E-state index contributed by atoms with van der Waals surface area (Å²) in [7, 11) is 3.11. The summed E-state index contributed by atoms with van der Waals surface area (Å²) in [6.07, 6.45) is 1.73. The second kappa shape index (κ2) is 5.86. The van der Waals surface area contributed by atoms with Crippen molar-refractivity contribution in [2.24, 2.45) is 5.92 Å². The molecule has 1 aliphatic rings. The van der Waals surface area contributed by atoms with Crippen LogP contribution >= 0.6 is 0 Å². The van der Waals surface area contributed by atoms with E-state index in [0.717, 1.165) is 31.7 Å². The Morgan fingerprint density at radius 2 is 1.95 bits per heavy atom. The highest BCUT2D eigenvalue weighted by molar-refractivity contribution is 5.78. The second-order valence-corrected chi connectivity index (χ2v) is 4.65. The van der Waals surface area contributed by atoms with Crippen molar-refractivity contribution in [2.75, 3.05) is 32.2 Å². The molecule has 0 spiro atoms. The Labute approximate surface area is 112 Å². The van der Waals surface area contributed by atoms with E-state index in [1.54, 1.807) is 14.0 Å². The van der Waals surface area contributed by atoms with Crippen LogP contribution in [0.5, 0.6) is 11.6 Å². The number of rotatable bonds is 4. The van der Waals surface area contributed by atoms with Crippen LogP contribution in [-0.2, 0) is 4.79 Å². The number of hydrogen-bond acceptors (Lipinski definition) is 6. The third-order valence-corrected chi connectivity index (χ3v) is 3.52. The van der Waals surface area contributed by atoms with Crippen LogP contribution in [0, 0.1) is 5.92 Å². The summed E-state index contributed by atoms with van der Waals surface area (Å²) < 4.78 is 10.3. The zero-order valence-corrected chi connectivity index (χ0v) is 11.5. The minimum absolute atomic E-state index is 0.185. The Bertz CT molecular complexity index is 456. The van der Waals surface area contributed by atoms with Crippen LogP contribution in [0.3, 0.4) is 0 Å². The molecule has 0 amide bonds. The number of piperidine rings is 1. The van der Waals surface area contributed by atoms with Gasteiger partial charge in [-0.15, -0.1) is 10.2 Å². The summed E-state index contributed by atoms with van der Waals surface area (Å²) in [4.78, 5) is 13.5. The number of Topliss-reactive ketones (excluding diaryl/α,β-unsaturated/α-hetero) is 1. The van der Waals surface area contributed by atoms with E-state index >= 15 is 0 Å². The normalized spacial score (nSPS) is 16.3. The highest BCUT2D eigenvalue weighted by Gasteiger charge is 2.24. The second-order valence-electron chi connectivity index (χ2n) is 4.65. The van der Waals surface area contributed by atoms with Gasteiger partial charge >= 0.3 is 0 Å². The smallest absolute Gasteiger partial charge is 0.276 e. The number of hydrogen-bond donors (Lipinski definition) is 0. The molecule has 1 saturated heterocycles. The van der Waals surface area contributed by atoms with Gasteiger partial charge in [0.05, 0.1) is 14.2 Å². The van der Waals surface area contributed by atoms with Crippen molar-refractivity contribution in [3.8, 4) is 11.6 Å². The minimum atomic E-state index is 0.185. The summed E-state index contributed by atoms with van der Waals surface area (Å²) in [5.41, 5.74) is 0. The van der Waals surface area contributed by atoms with Crippen molar-refractivity contribution in [1.82, 2.24) is 10.2 Å². The molecule has 0 N–H and O–H groups in total. The first-order valence-corrected chi connectivity index (χ1v) is 6.36. The molecular weight excluding hydrogens is 246 g/mol. The Morgan fingerprint density at radius 1 is 1.26 bits per heavy atom. The topological polar surface area (TPSA) is 64.5 Å². The molecule has 0 unspecified atom stereocenters. The van der Waals surface area contributed by atoms with Crippen LogP contribution in [0.25, 0.3) is 0 Å². The van der Waals surface area contributed by atoms with Crippen molar-refractivity contribution in [3.63, 3.8) is 0 Å². The van der Waals surface area contributed by atoms with Crippen LogP contribution < -0.4 is 14.4 Å². The van der Waals surface area contributed by atoms with E-state index in [0.29, 0.717) is 11.6 Å². The van der Waals surface area contributed by atoms with Crippen LogP contribution in [0.15, 0.2) is 6.07 Å². The van der Waals surface area contributed by atoms with Crippen LogP contribution in [0.4, 0.5) is 5.82 Å². The minimum Gasteiger partial charge on any atom is -0.491 e. The number of ketones is 1. The monoisotopic (exact) mass is 265 g/mol. The molecule has 1 aliphatic heterocycles. The van der Waals surface area contributed by atoms with Crippen molar-refractivity contribution in [3.05, 3.63) is 6.07 Å². The highest BCUT2D eigenvalue weighted by Crippen LogP contribution is 2.29. The first-order chi connectivity index (χ1) is 9.15.